The second-order valence-corrected chi connectivity index (χ2v) is 8.53. The summed E-state index contributed by atoms with van der Waals surface area (Å²) in [6.07, 6.45) is 7.24. The Bertz CT molecular complexity index is 620. The van der Waals surface area contributed by atoms with E-state index in [1.54, 1.807) is 20.8 Å². The van der Waals surface area contributed by atoms with Gasteiger partial charge >= 0.3 is 12.1 Å². The topological polar surface area (TPSA) is 95.9 Å². The van der Waals surface area contributed by atoms with E-state index in [0.717, 1.165) is 12.8 Å². The van der Waals surface area contributed by atoms with Crippen LogP contribution in [-0.4, -0.2) is 51.7 Å². The molecule has 0 spiro atoms. The highest BCUT2D eigenvalue weighted by molar-refractivity contribution is 5.90. The Balaban J connectivity index is 1.86. The molecule has 0 unspecified atom stereocenters. The molecule has 0 aromatic carbocycles. The monoisotopic (exact) mass is 364 g/mol. The highest BCUT2D eigenvalue weighted by Gasteiger charge is 2.48. The Labute approximate surface area is 153 Å². The molecule has 0 aromatic heterocycles. The number of carbonyl (C=O) groups is 3. The molecule has 3 aliphatic rings. The van der Waals surface area contributed by atoms with Gasteiger partial charge in [-0.3, -0.25) is 4.79 Å². The van der Waals surface area contributed by atoms with Crippen LogP contribution in [0, 0.1) is 11.8 Å². The summed E-state index contributed by atoms with van der Waals surface area (Å²) >= 11 is 0. The second-order valence-electron chi connectivity index (χ2n) is 8.53. The standard InChI is InChI=1S/C19H28N2O5/c1-19(2,3)26-18(25)20-15-13(11-7-8-11)6-4-5-12-9-10-14(17(23)24)21(12)16(15)22/h4,6,11-15H,5,7-10H2,1-3H3,(H,20,25)(H,23,24)/t12-,13-,14-,15-/m0/s1. The minimum Gasteiger partial charge on any atom is -0.480 e. The van der Waals surface area contributed by atoms with E-state index in [-0.39, 0.29) is 17.9 Å². The van der Waals surface area contributed by atoms with E-state index in [1.165, 1.54) is 4.90 Å². The highest BCUT2D eigenvalue weighted by Crippen LogP contribution is 2.42. The summed E-state index contributed by atoms with van der Waals surface area (Å²) < 4.78 is 5.33. The van der Waals surface area contributed by atoms with Crippen molar-refractivity contribution >= 4 is 18.0 Å². The molecule has 0 bridgehead atoms. The zero-order chi connectivity index (χ0) is 19.1. The molecule has 0 aromatic rings. The molecule has 1 aliphatic carbocycles. The van der Waals surface area contributed by atoms with Crippen molar-refractivity contribution in [1.82, 2.24) is 10.2 Å². The summed E-state index contributed by atoms with van der Waals surface area (Å²) in [6, 6.07) is -1.72. The number of fused-ring (bicyclic) bond motifs is 1. The average Bonchev–Trinajstić information content (AvgIpc) is 3.25. The molecule has 26 heavy (non-hydrogen) atoms. The van der Waals surface area contributed by atoms with E-state index in [0.29, 0.717) is 25.2 Å². The van der Waals surface area contributed by atoms with Crippen molar-refractivity contribution in [2.24, 2.45) is 11.8 Å². The van der Waals surface area contributed by atoms with Crippen LogP contribution in [-0.2, 0) is 14.3 Å². The number of carboxylic acids is 1. The van der Waals surface area contributed by atoms with Crippen LogP contribution >= 0.6 is 0 Å². The molecule has 1 saturated carbocycles. The van der Waals surface area contributed by atoms with Gasteiger partial charge in [-0.1, -0.05) is 12.2 Å². The van der Waals surface area contributed by atoms with Crippen molar-refractivity contribution in [3.05, 3.63) is 12.2 Å². The number of alkyl carbamates (subject to hydrolysis) is 1. The first-order chi connectivity index (χ1) is 12.2. The molecular formula is C19H28N2O5. The molecule has 7 heteroatoms. The lowest BCUT2D eigenvalue weighted by atomic mass is 9.90. The van der Waals surface area contributed by atoms with Gasteiger partial charge in [0.15, 0.2) is 0 Å². The Morgan fingerprint density at radius 2 is 1.92 bits per heavy atom. The van der Waals surface area contributed by atoms with Crippen LogP contribution in [0.2, 0.25) is 0 Å². The number of ether oxygens (including phenoxy) is 1. The minimum atomic E-state index is -0.982. The van der Waals surface area contributed by atoms with E-state index in [1.807, 2.05) is 12.2 Å². The number of hydrogen-bond acceptors (Lipinski definition) is 4. The SMILES string of the molecule is CC(C)(C)OC(=O)N[C@@H]1C(=O)N2[C@@H](CC=C[C@H]1C1CC1)CC[C@H]2C(=O)O. The van der Waals surface area contributed by atoms with Gasteiger partial charge in [0.25, 0.3) is 0 Å². The first-order valence-electron chi connectivity index (χ1n) is 9.38. The fourth-order valence-corrected chi connectivity index (χ4v) is 4.02. The summed E-state index contributed by atoms with van der Waals surface area (Å²) in [5, 5.41) is 12.3. The number of hydrogen-bond donors (Lipinski definition) is 2. The van der Waals surface area contributed by atoms with Crippen LogP contribution in [0.5, 0.6) is 0 Å². The smallest absolute Gasteiger partial charge is 0.408 e. The zero-order valence-corrected chi connectivity index (χ0v) is 15.6. The van der Waals surface area contributed by atoms with Gasteiger partial charge in [0.05, 0.1) is 0 Å². The Morgan fingerprint density at radius 1 is 1.23 bits per heavy atom. The summed E-state index contributed by atoms with van der Waals surface area (Å²) in [7, 11) is 0. The lowest BCUT2D eigenvalue weighted by Gasteiger charge is -2.36. The molecule has 2 heterocycles. The van der Waals surface area contributed by atoms with Gasteiger partial charge in [0, 0.05) is 12.0 Å². The third-order valence-electron chi connectivity index (χ3n) is 5.30. The van der Waals surface area contributed by atoms with E-state index < -0.39 is 29.7 Å². The maximum Gasteiger partial charge on any atom is 0.408 e. The van der Waals surface area contributed by atoms with Crippen molar-refractivity contribution in [2.45, 2.75) is 76.6 Å². The quantitative estimate of drug-likeness (QED) is 0.749. The van der Waals surface area contributed by atoms with Gasteiger partial charge in [-0.2, -0.15) is 0 Å². The van der Waals surface area contributed by atoms with Crippen LogP contribution in [0.4, 0.5) is 4.79 Å². The van der Waals surface area contributed by atoms with Gasteiger partial charge in [0.2, 0.25) is 5.91 Å². The highest BCUT2D eigenvalue weighted by atomic mass is 16.6. The summed E-state index contributed by atoms with van der Waals surface area (Å²) in [6.45, 7) is 5.30. The van der Waals surface area contributed by atoms with Crippen molar-refractivity contribution in [1.29, 1.82) is 0 Å². The lowest BCUT2D eigenvalue weighted by Crippen LogP contribution is -2.57. The fourth-order valence-electron chi connectivity index (χ4n) is 4.02. The number of carbonyl (C=O) groups excluding carboxylic acids is 2. The van der Waals surface area contributed by atoms with Crippen LogP contribution in [0.25, 0.3) is 0 Å². The van der Waals surface area contributed by atoms with Gasteiger partial charge in [-0.25, -0.2) is 9.59 Å². The molecule has 2 aliphatic heterocycles. The predicted molar refractivity (Wildman–Crippen MR) is 94.4 cm³/mol. The lowest BCUT2D eigenvalue weighted by molar-refractivity contribution is -0.151. The minimum absolute atomic E-state index is 0.119. The molecule has 2 N–H and O–H groups in total. The van der Waals surface area contributed by atoms with Gasteiger partial charge in [-0.05, 0) is 58.8 Å². The largest absolute Gasteiger partial charge is 0.480 e. The van der Waals surface area contributed by atoms with E-state index in [4.69, 9.17) is 4.74 Å². The first-order valence-corrected chi connectivity index (χ1v) is 9.38. The van der Waals surface area contributed by atoms with Gasteiger partial charge < -0.3 is 20.1 Å². The number of nitrogens with zero attached hydrogens (tertiary/aromatic N) is 1. The third kappa shape index (κ3) is 4.02. The van der Waals surface area contributed by atoms with Crippen LogP contribution in [0.1, 0.15) is 52.9 Å². The Morgan fingerprint density at radius 3 is 2.50 bits per heavy atom. The number of aliphatic carboxylic acids is 1. The Kier molecular flexibility index (Phi) is 4.99. The molecule has 2 fully saturated rings. The van der Waals surface area contributed by atoms with Crippen molar-refractivity contribution in [3.63, 3.8) is 0 Å². The molecule has 2 amide bonds. The number of amides is 2. The van der Waals surface area contributed by atoms with E-state index in [9.17, 15) is 19.5 Å². The molecule has 0 radical (unpaired) electrons. The van der Waals surface area contributed by atoms with Gasteiger partial charge in [-0.15, -0.1) is 0 Å². The van der Waals surface area contributed by atoms with E-state index >= 15 is 0 Å². The summed E-state index contributed by atoms with van der Waals surface area (Å²) in [5.74, 6) is -1.06. The number of carboxylic acid groups (broad SMARTS) is 1. The molecule has 1 saturated heterocycles. The van der Waals surface area contributed by atoms with Crippen LogP contribution < -0.4 is 5.32 Å². The molecular weight excluding hydrogens is 336 g/mol. The van der Waals surface area contributed by atoms with Crippen molar-refractivity contribution in [2.75, 3.05) is 0 Å². The maximum atomic E-state index is 13.3. The maximum absolute atomic E-state index is 13.3. The molecule has 3 rings (SSSR count). The number of rotatable bonds is 3. The third-order valence-corrected chi connectivity index (χ3v) is 5.30. The van der Waals surface area contributed by atoms with Crippen molar-refractivity contribution < 1.29 is 24.2 Å². The summed E-state index contributed by atoms with van der Waals surface area (Å²) in [4.78, 5) is 38.7. The van der Waals surface area contributed by atoms with Gasteiger partial charge in [0.1, 0.15) is 17.7 Å². The fraction of sp³-hybridized carbons (Fsp3) is 0.737. The second kappa shape index (κ2) is 6.93. The normalized spacial score (nSPS) is 31.8. The molecule has 144 valence electrons. The predicted octanol–water partition coefficient (Wildman–Crippen LogP) is 2.31. The number of nitrogens with one attached hydrogen (secondary N) is 1. The summed E-state index contributed by atoms with van der Waals surface area (Å²) in [5.41, 5.74) is -0.667. The Hall–Kier alpha value is -2.05. The molecule has 7 nitrogen and oxygen atoms in total. The van der Waals surface area contributed by atoms with Crippen LogP contribution in [0.3, 0.4) is 0 Å². The average molecular weight is 364 g/mol. The first kappa shape index (κ1) is 18.7. The zero-order valence-electron chi connectivity index (χ0n) is 15.6. The van der Waals surface area contributed by atoms with Crippen molar-refractivity contribution in [3.8, 4) is 0 Å². The van der Waals surface area contributed by atoms with E-state index in [2.05, 4.69) is 5.32 Å². The van der Waals surface area contributed by atoms with Crippen LogP contribution in [0.15, 0.2) is 12.2 Å². The molecule has 4 atom stereocenters.